The van der Waals surface area contributed by atoms with Crippen molar-refractivity contribution in [3.05, 3.63) is 11.6 Å². The van der Waals surface area contributed by atoms with Crippen molar-refractivity contribution in [1.29, 1.82) is 0 Å². The maximum Gasteiger partial charge on any atom is 0.224 e. The number of rotatable bonds is 8. The third-order valence-electron chi connectivity index (χ3n) is 6.03. The van der Waals surface area contributed by atoms with E-state index in [1.807, 2.05) is 9.80 Å². The molecule has 0 spiro atoms. The van der Waals surface area contributed by atoms with Crippen LogP contribution in [-0.4, -0.2) is 60.2 Å². The van der Waals surface area contributed by atoms with Crippen molar-refractivity contribution >= 4 is 17.7 Å². The first kappa shape index (κ1) is 19.9. The molecule has 0 unspecified atom stereocenters. The van der Waals surface area contributed by atoms with Gasteiger partial charge in [0.1, 0.15) is 0 Å². The van der Waals surface area contributed by atoms with Crippen molar-refractivity contribution in [2.45, 2.75) is 64.2 Å². The highest BCUT2D eigenvalue weighted by molar-refractivity contribution is 5.83. The zero-order chi connectivity index (χ0) is 19.1. The Morgan fingerprint density at radius 3 is 2.59 bits per heavy atom. The van der Waals surface area contributed by atoms with Crippen molar-refractivity contribution in [3.8, 4) is 0 Å². The van der Waals surface area contributed by atoms with Gasteiger partial charge < -0.3 is 15.1 Å². The lowest BCUT2D eigenvalue weighted by molar-refractivity contribution is -0.138. The van der Waals surface area contributed by atoms with Gasteiger partial charge in [-0.05, 0) is 51.4 Å². The Morgan fingerprint density at radius 1 is 1.04 bits per heavy atom. The minimum absolute atomic E-state index is 0.0821. The monoisotopic (exact) mass is 375 g/mol. The highest BCUT2D eigenvalue weighted by Crippen LogP contribution is 2.21. The highest BCUT2D eigenvalue weighted by Gasteiger charge is 2.30. The fraction of sp³-hybridized carbons (Fsp3) is 0.762. The van der Waals surface area contributed by atoms with E-state index < -0.39 is 0 Å². The maximum absolute atomic E-state index is 12.5. The first-order chi connectivity index (χ1) is 13.1. The lowest BCUT2D eigenvalue weighted by Gasteiger charge is -2.32. The predicted octanol–water partition coefficient (Wildman–Crippen LogP) is 2.24. The van der Waals surface area contributed by atoms with Gasteiger partial charge in [0.05, 0.1) is 5.92 Å². The van der Waals surface area contributed by atoms with Gasteiger partial charge in [0, 0.05) is 45.6 Å². The number of carbonyl (C=O) groups is 3. The molecule has 0 bridgehead atoms. The van der Waals surface area contributed by atoms with Crippen molar-refractivity contribution < 1.29 is 14.4 Å². The molecule has 0 aromatic rings. The average molecular weight is 376 g/mol. The third kappa shape index (κ3) is 5.81. The summed E-state index contributed by atoms with van der Waals surface area (Å²) in [7, 11) is 0. The van der Waals surface area contributed by atoms with Gasteiger partial charge in [-0.15, -0.1) is 0 Å². The second kappa shape index (κ2) is 9.90. The van der Waals surface area contributed by atoms with E-state index in [1.165, 1.54) is 31.3 Å². The van der Waals surface area contributed by atoms with E-state index in [2.05, 4.69) is 11.4 Å². The fourth-order valence-corrected chi connectivity index (χ4v) is 4.36. The molecule has 6 nitrogen and oxygen atoms in total. The fourth-order valence-electron chi connectivity index (χ4n) is 4.36. The van der Waals surface area contributed by atoms with Gasteiger partial charge in [0.2, 0.25) is 17.7 Å². The van der Waals surface area contributed by atoms with Crippen LogP contribution < -0.4 is 5.32 Å². The van der Waals surface area contributed by atoms with Gasteiger partial charge >= 0.3 is 0 Å². The Morgan fingerprint density at radius 2 is 1.85 bits per heavy atom. The van der Waals surface area contributed by atoms with Gasteiger partial charge in [0.15, 0.2) is 0 Å². The van der Waals surface area contributed by atoms with E-state index in [-0.39, 0.29) is 23.6 Å². The second-order valence-corrected chi connectivity index (χ2v) is 8.06. The van der Waals surface area contributed by atoms with Crippen LogP contribution in [0.4, 0.5) is 0 Å². The highest BCUT2D eigenvalue weighted by atomic mass is 16.2. The summed E-state index contributed by atoms with van der Waals surface area (Å²) >= 11 is 0. The second-order valence-electron chi connectivity index (χ2n) is 8.06. The van der Waals surface area contributed by atoms with Gasteiger partial charge in [-0.3, -0.25) is 14.4 Å². The molecule has 0 aromatic carbocycles. The molecule has 150 valence electrons. The van der Waals surface area contributed by atoms with Crippen molar-refractivity contribution in [1.82, 2.24) is 15.1 Å². The van der Waals surface area contributed by atoms with Crippen LogP contribution in [0.2, 0.25) is 0 Å². The molecule has 2 saturated heterocycles. The van der Waals surface area contributed by atoms with E-state index in [9.17, 15) is 14.4 Å². The Hall–Kier alpha value is -1.85. The quantitative estimate of drug-likeness (QED) is 0.662. The van der Waals surface area contributed by atoms with Gasteiger partial charge in [-0.1, -0.05) is 11.6 Å². The van der Waals surface area contributed by atoms with E-state index in [0.29, 0.717) is 45.4 Å². The number of nitrogens with zero attached hydrogens (tertiary/aromatic N) is 2. The van der Waals surface area contributed by atoms with Crippen LogP contribution >= 0.6 is 0 Å². The molecule has 3 amide bonds. The largest absolute Gasteiger partial charge is 0.355 e. The summed E-state index contributed by atoms with van der Waals surface area (Å²) in [6.45, 7) is 3.41. The Bertz CT molecular complexity index is 587. The number of likely N-dealkylation sites (tertiary alicyclic amines) is 2. The third-order valence-corrected chi connectivity index (χ3v) is 6.03. The number of allylic oxidation sites excluding steroid dienone is 1. The molecular weight excluding hydrogens is 342 g/mol. The van der Waals surface area contributed by atoms with Gasteiger partial charge in [-0.25, -0.2) is 0 Å². The average Bonchev–Trinajstić information content (AvgIpc) is 3.09. The molecule has 1 aliphatic carbocycles. The van der Waals surface area contributed by atoms with Crippen LogP contribution in [0.15, 0.2) is 11.6 Å². The molecule has 2 heterocycles. The minimum Gasteiger partial charge on any atom is -0.355 e. The smallest absolute Gasteiger partial charge is 0.224 e. The summed E-state index contributed by atoms with van der Waals surface area (Å²) in [5, 5.41) is 3.07. The molecular formula is C21H33N3O3. The summed E-state index contributed by atoms with van der Waals surface area (Å²) in [4.78, 5) is 40.0. The Balaban J connectivity index is 1.37. The maximum atomic E-state index is 12.5. The predicted molar refractivity (Wildman–Crippen MR) is 104 cm³/mol. The van der Waals surface area contributed by atoms with Crippen LogP contribution in [-0.2, 0) is 14.4 Å². The molecule has 1 N–H and O–H groups in total. The van der Waals surface area contributed by atoms with Crippen molar-refractivity contribution in [3.63, 3.8) is 0 Å². The number of hydrogen-bond donors (Lipinski definition) is 1. The Labute approximate surface area is 162 Å². The van der Waals surface area contributed by atoms with Crippen LogP contribution in [0.5, 0.6) is 0 Å². The van der Waals surface area contributed by atoms with Crippen LogP contribution in [0.1, 0.15) is 64.2 Å². The topological polar surface area (TPSA) is 69.7 Å². The molecule has 6 heteroatoms. The molecule has 0 saturated carbocycles. The summed E-state index contributed by atoms with van der Waals surface area (Å²) in [5.41, 5.74) is 1.47. The molecule has 2 fully saturated rings. The normalized spacial score (nSPS) is 23.6. The molecule has 0 aromatic heterocycles. The number of hydrogen-bond acceptors (Lipinski definition) is 3. The number of carbonyl (C=O) groups excluding carboxylic acids is 3. The number of nitrogens with one attached hydrogen (secondary N) is 1. The first-order valence-electron chi connectivity index (χ1n) is 10.6. The van der Waals surface area contributed by atoms with Crippen LogP contribution in [0, 0.1) is 5.92 Å². The molecule has 2 aliphatic heterocycles. The molecule has 0 radical (unpaired) electrons. The van der Waals surface area contributed by atoms with E-state index in [0.717, 1.165) is 25.8 Å². The van der Waals surface area contributed by atoms with Crippen LogP contribution in [0.3, 0.4) is 0 Å². The van der Waals surface area contributed by atoms with Gasteiger partial charge in [-0.2, -0.15) is 0 Å². The van der Waals surface area contributed by atoms with E-state index in [1.54, 1.807) is 0 Å². The summed E-state index contributed by atoms with van der Waals surface area (Å²) in [6.07, 6.45) is 11.7. The standard InChI is InChI=1S/C21H33N3O3/c25-19-8-4-13-23(19)14-5-15-24-16-18(9-10-20(24)26)21(27)22-12-11-17-6-2-1-3-7-17/h6,18H,1-5,7-16H2,(H,22,27)/t18-/m1/s1. The molecule has 3 rings (SSSR count). The lowest BCUT2D eigenvalue weighted by Crippen LogP contribution is -2.46. The Kier molecular flexibility index (Phi) is 7.30. The van der Waals surface area contributed by atoms with Crippen molar-refractivity contribution in [2.75, 3.05) is 32.7 Å². The summed E-state index contributed by atoms with van der Waals surface area (Å²) in [5.74, 6) is 0.347. The zero-order valence-electron chi connectivity index (χ0n) is 16.4. The lowest BCUT2D eigenvalue weighted by atomic mass is 9.95. The van der Waals surface area contributed by atoms with E-state index >= 15 is 0 Å². The molecule has 1 atom stereocenters. The van der Waals surface area contributed by atoms with Gasteiger partial charge in [0.25, 0.3) is 0 Å². The van der Waals surface area contributed by atoms with Crippen molar-refractivity contribution in [2.24, 2.45) is 5.92 Å². The first-order valence-corrected chi connectivity index (χ1v) is 10.6. The SMILES string of the molecule is O=C(NCCC1=CCCCC1)[C@@H]1CCC(=O)N(CCCN2CCCC2=O)C1. The molecule has 3 aliphatic rings. The number of amides is 3. The van der Waals surface area contributed by atoms with Crippen LogP contribution in [0.25, 0.3) is 0 Å². The summed E-state index contributed by atoms with van der Waals surface area (Å²) in [6, 6.07) is 0. The minimum atomic E-state index is -0.101. The van der Waals surface area contributed by atoms with E-state index in [4.69, 9.17) is 0 Å². The number of piperidine rings is 1. The summed E-state index contributed by atoms with van der Waals surface area (Å²) < 4.78 is 0. The molecule has 27 heavy (non-hydrogen) atoms. The zero-order valence-corrected chi connectivity index (χ0v) is 16.4.